The van der Waals surface area contributed by atoms with Crippen LogP contribution in [0.3, 0.4) is 0 Å². The average Bonchev–Trinajstić information content (AvgIpc) is 2.33. The fourth-order valence-corrected chi connectivity index (χ4v) is 1.07. The average molecular weight is 165 g/mol. The smallest absolute Gasteiger partial charge is 0.307 e. The SMILES string of the molecule is CC1(N)N=CN=C2C1=NC=[N+]2[O-]. The van der Waals surface area contributed by atoms with Crippen molar-refractivity contribution in [2.45, 2.75) is 12.6 Å². The third kappa shape index (κ3) is 0.782. The van der Waals surface area contributed by atoms with Crippen molar-refractivity contribution in [1.29, 1.82) is 0 Å². The molecular formula is C6H7N5O. The number of aliphatic imine (C=N–C) groups is 3. The molecule has 0 amide bonds. The fraction of sp³-hybridized carbons (Fsp3) is 0.333. The first kappa shape index (κ1) is 7.11. The first-order valence-electron chi connectivity index (χ1n) is 3.40. The summed E-state index contributed by atoms with van der Waals surface area (Å²) in [5, 5.41) is 11.0. The Balaban J connectivity index is 2.50. The van der Waals surface area contributed by atoms with E-state index in [0.29, 0.717) is 10.5 Å². The van der Waals surface area contributed by atoms with Crippen LogP contribution < -0.4 is 5.73 Å². The lowest BCUT2D eigenvalue weighted by molar-refractivity contribution is -0.313. The van der Waals surface area contributed by atoms with Crippen molar-refractivity contribution in [1.82, 2.24) is 0 Å². The first-order valence-corrected chi connectivity index (χ1v) is 3.40. The van der Waals surface area contributed by atoms with Crippen LogP contribution in [0.1, 0.15) is 6.92 Å². The molecule has 0 fully saturated rings. The van der Waals surface area contributed by atoms with E-state index in [1.165, 1.54) is 6.34 Å². The molecule has 6 nitrogen and oxygen atoms in total. The topological polar surface area (TPSA) is 89.2 Å². The molecule has 0 aromatic rings. The summed E-state index contributed by atoms with van der Waals surface area (Å²) < 4.78 is 0.575. The Labute approximate surface area is 68.4 Å². The minimum absolute atomic E-state index is 0.231. The Kier molecular flexibility index (Phi) is 1.17. The van der Waals surface area contributed by atoms with Gasteiger partial charge in [0.15, 0.2) is 12.0 Å². The molecule has 0 aromatic carbocycles. The second-order valence-corrected chi connectivity index (χ2v) is 2.76. The predicted molar refractivity (Wildman–Crippen MR) is 45.6 cm³/mol. The van der Waals surface area contributed by atoms with Gasteiger partial charge in [-0.1, -0.05) is 4.99 Å². The van der Waals surface area contributed by atoms with Crippen molar-refractivity contribution in [2.24, 2.45) is 20.7 Å². The van der Waals surface area contributed by atoms with Crippen molar-refractivity contribution in [3.8, 4) is 0 Å². The molecule has 0 aromatic heterocycles. The number of nitrogens with zero attached hydrogens (tertiary/aromatic N) is 4. The minimum atomic E-state index is -0.924. The number of fused-ring (bicyclic) bond motifs is 1. The molecule has 1 unspecified atom stereocenters. The molecule has 1 atom stereocenters. The Morgan fingerprint density at radius 1 is 1.58 bits per heavy atom. The molecule has 0 aliphatic carbocycles. The molecule has 0 saturated heterocycles. The standard InChI is InChI=1S/C6H7N5O/c1-6(7)4-5(8-2-10-6)11(12)3-9-4/h2-3H,7H2,1H3. The van der Waals surface area contributed by atoms with E-state index in [9.17, 15) is 5.21 Å². The van der Waals surface area contributed by atoms with Crippen LogP contribution in [0.4, 0.5) is 0 Å². The van der Waals surface area contributed by atoms with Gasteiger partial charge in [-0.2, -0.15) is 0 Å². The molecule has 0 saturated carbocycles. The highest BCUT2D eigenvalue weighted by Gasteiger charge is 2.40. The maximum atomic E-state index is 11.0. The Morgan fingerprint density at radius 2 is 2.33 bits per heavy atom. The van der Waals surface area contributed by atoms with Crippen LogP contribution in [-0.4, -0.2) is 34.6 Å². The minimum Gasteiger partial charge on any atom is -0.740 e. The zero-order valence-corrected chi connectivity index (χ0v) is 6.43. The van der Waals surface area contributed by atoms with Crippen LogP contribution >= 0.6 is 0 Å². The summed E-state index contributed by atoms with van der Waals surface area (Å²) in [6, 6.07) is 0. The molecule has 2 aliphatic heterocycles. The monoisotopic (exact) mass is 165 g/mol. The third-order valence-corrected chi connectivity index (χ3v) is 1.70. The predicted octanol–water partition coefficient (Wildman–Crippen LogP) is -0.905. The summed E-state index contributed by atoms with van der Waals surface area (Å²) >= 11 is 0. The number of nitrogens with two attached hydrogens (primary N) is 1. The lowest BCUT2D eigenvalue weighted by Gasteiger charge is -2.18. The van der Waals surface area contributed by atoms with Gasteiger partial charge >= 0.3 is 5.84 Å². The van der Waals surface area contributed by atoms with Crippen LogP contribution in [0.25, 0.3) is 0 Å². The van der Waals surface area contributed by atoms with Gasteiger partial charge in [0.2, 0.25) is 12.1 Å². The largest absolute Gasteiger partial charge is 0.740 e. The lowest BCUT2D eigenvalue weighted by Crippen LogP contribution is -2.49. The van der Waals surface area contributed by atoms with Gasteiger partial charge in [0, 0.05) is 0 Å². The molecule has 62 valence electrons. The van der Waals surface area contributed by atoms with E-state index in [1.807, 2.05) is 0 Å². The van der Waals surface area contributed by atoms with E-state index >= 15 is 0 Å². The number of hydroxylamine groups is 1. The van der Waals surface area contributed by atoms with Crippen LogP contribution in [0.15, 0.2) is 15.0 Å². The summed E-state index contributed by atoms with van der Waals surface area (Å²) in [7, 11) is 0. The summed E-state index contributed by atoms with van der Waals surface area (Å²) in [6.45, 7) is 1.67. The van der Waals surface area contributed by atoms with Crippen molar-refractivity contribution >= 4 is 24.2 Å². The van der Waals surface area contributed by atoms with E-state index < -0.39 is 5.66 Å². The zero-order chi connectivity index (χ0) is 8.77. The van der Waals surface area contributed by atoms with Crippen LogP contribution in [0.5, 0.6) is 0 Å². The normalized spacial score (nSPS) is 32.3. The maximum absolute atomic E-state index is 11.0. The number of amidine groups is 1. The number of hydrogen-bond acceptors (Lipinski definition) is 5. The third-order valence-electron chi connectivity index (χ3n) is 1.70. The van der Waals surface area contributed by atoms with Gasteiger partial charge in [0.05, 0.1) is 0 Å². The van der Waals surface area contributed by atoms with Crippen molar-refractivity contribution in [3.05, 3.63) is 5.21 Å². The summed E-state index contributed by atoms with van der Waals surface area (Å²) in [5.41, 5.74) is 5.22. The van der Waals surface area contributed by atoms with E-state index in [4.69, 9.17) is 5.73 Å². The second kappa shape index (κ2) is 1.98. The number of rotatable bonds is 0. The lowest BCUT2D eigenvalue weighted by atomic mass is 10.1. The van der Waals surface area contributed by atoms with Crippen molar-refractivity contribution < 1.29 is 4.74 Å². The molecule has 2 N–H and O–H groups in total. The van der Waals surface area contributed by atoms with Gasteiger partial charge in [-0.15, -0.1) is 4.99 Å². The molecule has 2 heterocycles. The Bertz CT molecular complexity index is 349. The molecule has 0 spiro atoms. The zero-order valence-electron chi connectivity index (χ0n) is 6.43. The maximum Gasteiger partial charge on any atom is 0.307 e. The van der Waals surface area contributed by atoms with E-state index in [-0.39, 0.29) is 5.84 Å². The summed E-state index contributed by atoms with van der Waals surface area (Å²) in [4.78, 5) is 11.5. The van der Waals surface area contributed by atoms with Crippen LogP contribution in [0.2, 0.25) is 0 Å². The molecular weight excluding hydrogens is 158 g/mol. The van der Waals surface area contributed by atoms with Gasteiger partial charge in [0.1, 0.15) is 0 Å². The highest BCUT2D eigenvalue weighted by atomic mass is 16.5. The molecule has 6 heteroatoms. The summed E-state index contributed by atoms with van der Waals surface area (Å²) in [5.74, 6) is 0.231. The second-order valence-electron chi connectivity index (χ2n) is 2.76. The van der Waals surface area contributed by atoms with Gasteiger partial charge in [-0.05, 0) is 6.92 Å². The van der Waals surface area contributed by atoms with Crippen molar-refractivity contribution in [2.75, 3.05) is 0 Å². The molecule has 2 aliphatic rings. The number of hydrogen-bond donors (Lipinski definition) is 1. The van der Waals surface area contributed by atoms with Crippen molar-refractivity contribution in [3.63, 3.8) is 0 Å². The highest BCUT2D eigenvalue weighted by Crippen LogP contribution is 2.12. The molecule has 12 heavy (non-hydrogen) atoms. The van der Waals surface area contributed by atoms with E-state index in [1.54, 1.807) is 6.92 Å². The van der Waals surface area contributed by atoms with E-state index in [2.05, 4.69) is 15.0 Å². The molecule has 0 radical (unpaired) electrons. The fourth-order valence-electron chi connectivity index (χ4n) is 1.07. The highest BCUT2D eigenvalue weighted by molar-refractivity contribution is 6.46. The Hall–Kier alpha value is -1.56. The van der Waals surface area contributed by atoms with E-state index in [0.717, 1.165) is 6.34 Å². The van der Waals surface area contributed by atoms with Gasteiger partial charge in [-0.3, -0.25) is 0 Å². The first-order chi connectivity index (χ1) is 5.61. The molecule has 0 bridgehead atoms. The van der Waals surface area contributed by atoms with Gasteiger partial charge in [-0.25, -0.2) is 9.73 Å². The van der Waals surface area contributed by atoms with Crippen LogP contribution in [-0.2, 0) is 0 Å². The van der Waals surface area contributed by atoms with Gasteiger partial charge < -0.3 is 10.9 Å². The Morgan fingerprint density at radius 3 is 3.00 bits per heavy atom. The molecule has 2 rings (SSSR count). The van der Waals surface area contributed by atoms with Crippen LogP contribution in [0, 0.1) is 5.21 Å². The van der Waals surface area contributed by atoms with Gasteiger partial charge in [0.25, 0.3) is 0 Å². The quantitative estimate of drug-likeness (QED) is 0.372. The summed E-state index contributed by atoms with van der Waals surface area (Å²) in [6.07, 6.45) is 2.41.